The Hall–Kier alpha value is -1.00. The van der Waals surface area contributed by atoms with Crippen LogP contribution in [-0.2, 0) is 11.3 Å². The molecule has 2 fully saturated rings. The molecule has 2 heterocycles. The number of methoxy groups -OCH3 is 1. The van der Waals surface area contributed by atoms with E-state index in [2.05, 4.69) is 16.0 Å². The van der Waals surface area contributed by atoms with Gasteiger partial charge in [-0.2, -0.15) is 0 Å². The zero-order valence-corrected chi connectivity index (χ0v) is 13.8. The summed E-state index contributed by atoms with van der Waals surface area (Å²) in [5, 5.41) is 0. The van der Waals surface area contributed by atoms with Crippen molar-refractivity contribution >= 4 is 0 Å². The van der Waals surface area contributed by atoms with E-state index < -0.39 is 0 Å². The Kier molecular flexibility index (Phi) is 5.79. The topological polar surface area (TPSA) is 38.2 Å². The molecule has 3 rings (SSSR count). The smallest absolute Gasteiger partial charge is 0.154 e. The van der Waals surface area contributed by atoms with Crippen molar-refractivity contribution in [2.75, 3.05) is 26.7 Å². The van der Waals surface area contributed by atoms with E-state index in [4.69, 9.17) is 9.72 Å². The molecule has 0 N–H and O–H groups in total. The van der Waals surface area contributed by atoms with E-state index in [-0.39, 0.29) is 0 Å². The van der Waals surface area contributed by atoms with Crippen molar-refractivity contribution < 1.29 is 4.74 Å². The molecule has 1 aliphatic carbocycles. The van der Waals surface area contributed by atoms with E-state index in [1.165, 1.54) is 70.3 Å². The molecule has 0 bridgehead atoms. The first-order valence-corrected chi connectivity index (χ1v) is 8.88. The van der Waals surface area contributed by atoms with E-state index in [1.807, 2.05) is 6.20 Å². The average Bonchev–Trinajstić information content (AvgIpc) is 2.57. The van der Waals surface area contributed by atoms with Gasteiger partial charge in [0.15, 0.2) is 5.82 Å². The third-order valence-corrected chi connectivity index (χ3v) is 5.17. The number of nitrogens with zero attached hydrogens (tertiary/aromatic N) is 3. The molecule has 0 aromatic carbocycles. The van der Waals surface area contributed by atoms with E-state index in [1.54, 1.807) is 7.11 Å². The zero-order chi connectivity index (χ0) is 15.2. The van der Waals surface area contributed by atoms with Crippen molar-refractivity contribution in [2.24, 2.45) is 5.92 Å². The Morgan fingerprint density at radius 3 is 2.86 bits per heavy atom. The summed E-state index contributed by atoms with van der Waals surface area (Å²) in [6, 6.07) is 2.09. The molecule has 4 heteroatoms. The number of ether oxygens (including phenoxy) is 1. The first-order valence-electron chi connectivity index (χ1n) is 8.88. The van der Waals surface area contributed by atoms with Gasteiger partial charge in [-0.1, -0.05) is 19.3 Å². The van der Waals surface area contributed by atoms with Crippen molar-refractivity contribution in [1.29, 1.82) is 0 Å². The van der Waals surface area contributed by atoms with Crippen LogP contribution in [0, 0.1) is 5.92 Å². The predicted octanol–water partition coefficient (Wildman–Crippen LogP) is 3.38. The van der Waals surface area contributed by atoms with Crippen LogP contribution in [0.5, 0.6) is 0 Å². The van der Waals surface area contributed by atoms with E-state index in [0.717, 1.165) is 11.7 Å². The molecule has 122 valence electrons. The largest absolute Gasteiger partial charge is 0.377 e. The molecule has 4 nitrogen and oxygen atoms in total. The van der Waals surface area contributed by atoms with Gasteiger partial charge in [-0.05, 0) is 44.2 Å². The third-order valence-electron chi connectivity index (χ3n) is 5.17. The lowest BCUT2D eigenvalue weighted by molar-refractivity contribution is 0.158. The summed E-state index contributed by atoms with van der Waals surface area (Å²) in [7, 11) is 1.70. The van der Waals surface area contributed by atoms with E-state index >= 15 is 0 Å². The summed E-state index contributed by atoms with van der Waals surface area (Å²) in [6.07, 6.45) is 11.6. The quantitative estimate of drug-likeness (QED) is 0.836. The molecule has 1 saturated heterocycles. The fourth-order valence-electron chi connectivity index (χ4n) is 4.04. The van der Waals surface area contributed by atoms with Crippen molar-refractivity contribution in [1.82, 2.24) is 14.9 Å². The molecule has 1 atom stereocenters. The molecule has 1 saturated carbocycles. The van der Waals surface area contributed by atoms with Gasteiger partial charge in [-0.25, -0.2) is 9.97 Å². The first kappa shape index (κ1) is 15.9. The molecule has 22 heavy (non-hydrogen) atoms. The zero-order valence-electron chi connectivity index (χ0n) is 13.8. The second-order valence-corrected chi connectivity index (χ2v) is 6.93. The summed E-state index contributed by atoms with van der Waals surface area (Å²) >= 11 is 0. The fourth-order valence-corrected chi connectivity index (χ4v) is 4.04. The van der Waals surface area contributed by atoms with Gasteiger partial charge in [0.1, 0.15) is 6.61 Å². The number of piperidine rings is 1. The van der Waals surface area contributed by atoms with E-state index in [0.29, 0.717) is 12.5 Å². The van der Waals surface area contributed by atoms with Crippen molar-refractivity contribution in [3.8, 4) is 0 Å². The molecule has 1 aromatic heterocycles. The normalized spacial score (nSPS) is 24.5. The van der Waals surface area contributed by atoms with Gasteiger partial charge >= 0.3 is 0 Å². The molecule has 2 aliphatic rings. The average molecular weight is 303 g/mol. The first-order chi connectivity index (χ1) is 10.8. The molecule has 0 unspecified atom stereocenters. The van der Waals surface area contributed by atoms with Crippen molar-refractivity contribution in [3.63, 3.8) is 0 Å². The maximum Gasteiger partial charge on any atom is 0.154 e. The fraction of sp³-hybridized carbons (Fsp3) is 0.778. The molecule has 1 aromatic rings. The minimum Gasteiger partial charge on any atom is -0.377 e. The molecule has 0 radical (unpaired) electrons. The lowest BCUT2D eigenvalue weighted by atomic mass is 9.87. The van der Waals surface area contributed by atoms with Crippen LogP contribution >= 0.6 is 0 Å². The molecule has 0 amide bonds. The van der Waals surface area contributed by atoms with Crippen molar-refractivity contribution in [2.45, 2.75) is 57.5 Å². The highest BCUT2D eigenvalue weighted by Gasteiger charge is 2.25. The summed E-state index contributed by atoms with van der Waals surface area (Å²) in [4.78, 5) is 11.7. The highest BCUT2D eigenvalue weighted by Crippen LogP contribution is 2.29. The number of hydrogen-bond acceptors (Lipinski definition) is 4. The SMILES string of the molecule is COCc1nccc([C@H]2CCCN(CC3CCCCC3)C2)n1. The highest BCUT2D eigenvalue weighted by atomic mass is 16.5. The van der Waals surface area contributed by atoms with Gasteiger partial charge in [-0.3, -0.25) is 0 Å². The van der Waals surface area contributed by atoms with Crippen LogP contribution in [0.1, 0.15) is 62.4 Å². The monoisotopic (exact) mass is 303 g/mol. The molecular formula is C18H29N3O. The maximum absolute atomic E-state index is 5.16. The van der Waals surface area contributed by atoms with E-state index in [9.17, 15) is 0 Å². The van der Waals surface area contributed by atoms with Crippen LogP contribution in [0.25, 0.3) is 0 Å². The number of likely N-dealkylation sites (tertiary alicyclic amines) is 1. The summed E-state index contributed by atoms with van der Waals surface area (Å²) in [5.41, 5.74) is 1.20. The summed E-state index contributed by atoms with van der Waals surface area (Å²) < 4.78 is 5.16. The Labute approximate surface area is 134 Å². The summed E-state index contributed by atoms with van der Waals surface area (Å²) in [5.74, 6) is 2.31. The van der Waals surface area contributed by atoms with Crippen LogP contribution in [0.3, 0.4) is 0 Å². The summed E-state index contributed by atoms with van der Waals surface area (Å²) in [6.45, 7) is 4.24. The number of hydrogen-bond donors (Lipinski definition) is 0. The van der Waals surface area contributed by atoms with Gasteiger partial charge in [0.05, 0.1) is 0 Å². The maximum atomic E-state index is 5.16. The van der Waals surface area contributed by atoms with Gasteiger partial charge in [0.25, 0.3) is 0 Å². The van der Waals surface area contributed by atoms with Gasteiger partial charge in [-0.15, -0.1) is 0 Å². The highest BCUT2D eigenvalue weighted by molar-refractivity contribution is 5.10. The Bertz CT molecular complexity index is 459. The Morgan fingerprint density at radius 1 is 1.18 bits per heavy atom. The third kappa shape index (κ3) is 4.26. The van der Waals surface area contributed by atoms with Gasteiger partial charge in [0, 0.05) is 38.0 Å². The predicted molar refractivity (Wildman–Crippen MR) is 87.7 cm³/mol. The van der Waals surface area contributed by atoms with Crippen LogP contribution < -0.4 is 0 Å². The minimum absolute atomic E-state index is 0.506. The standard InChI is InChI=1S/C18H29N3O/c1-22-14-18-19-10-9-17(20-18)16-8-5-11-21(13-16)12-15-6-3-2-4-7-15/h9-10,15-16H,2-8,11-14H2,1H3/t16-/m0/s1. The lowest BCUT2D eigenvalue weighted by Crippen LogP contribution is -2.38. The van der Waals surface area contributed by atoms with Gasteiger partial charge in [0.2, 0.25) is 0 Å². The van der Waals surface area contributed by atoms with Crippen LogP contribution in [-0.4, -0.2) is 41.6 Å². The second kappa shape index (κ2) is 8.02. The molecule has 1 aliphatic heterocycles. The van der Waals surface area contributed by atoms with Crippen LogP contribution in [0.2, 0.25) is 0 Å². The number of rotatable bonds is 5. The second-order valence-electron chi connectivity index (χ2n) is 6.93. The molecular weight excluding hydrogens is 274 g/mol. The lowest BCUT2D eigenvalue weighted by Gasteiger charge is -2.35. The van der Waals surface area contributed by atoms with Crippen molar-refractivity contribution in [3.05, 3.63) is 23.8 Å². The number of aromatic nitrogens is 2. The van der Waals surface area contributed by atoms with Gasteiger partial charge < -0.3 is 9.64 Å². The Morgan fingerprint density at radius 2 is 2.05 bits per heavy atom. The van der Waals surface area contributed by atoms with Crippen LogP contribution in [0.15, 0.2) is 12.3 Å². The van der Waals surface area contributed by atoms with Crippen LogP contribution in [0.4, 0.5) is 0 Å². The minimum atomic E-state index is 0.506. The Balaban J connectivity index is 1.58. The molecule has 0 spiro atoms.